The van der Waals surface area contributed by atoms with Gasteiger partial charge in [0.05, 0.1) is 58.0 Å². The van der Waals surface area contributed by atoms with Gasteiger partial charge >= 0.3 is 18.2 Å². The highest BCUT2D eigenvalue weighted by atomic mass is 35.5. The summed E-state index contributed by atoms with van der Waals surface area (Å²) < 4.78 is 77.8. The molecule has 0 atom stereocenters. The molecule has 0 unspecified atom stereocenters. The van der Waals surface area contributed by atoms with Crippen molar-refractivity contribution in [1.29, 1.82) is 10.5 Å². The summed E-state index contributed by atoms with van der Waals surface area (Å²) in [7, 11) is -8.18. The monoisotopic (exact) mass is 1300 g/mol. The predicted molar refractivity (Wildman–Crippen MR) is 332 cm³/mol. The highest BCUT2D eigenvalue weighted by molar-refractivity contribution is 7.91. The van der Waals surface area contributed by atoms with E-state index < -0.39 is 62.1 Å². The number of nitrogens with two attached hydrogens (primary N) is 1. The molecule has 3 amide bonds. The number of nitrogens with zero attached hydrogens (tertiary/aromatic N) is 10. The van der Waals surface area contributed by atoms with E-state index in [0.29, 0.717) is 66.9 Å². The Morgan fingerprint density at radius 3 is 1.43 bits per heavy atom. The van der Waals surface area contributed by atoms with E-state index in [1.165, 1.54) is 46.3 Å². The van der Waals surface area contributed by atoms with Gasteiger partial charge in [0.2, 0.25) is 0 Å². The Labute approximate surface area is 524 Å². The number of halogens is 3. The zero-order valence-corrected chi connectivity index (χ0v) is 53.6. The van der Waals surface area contributed by atoms with Crippen molar-refractivity contribution in [3.63, 3.8) is 0 Å². The molecule has 6 N–H and O–H groups in total. The van der Waals surface area contributed by atoms with E-state index in [-0.39, 0.29) is 51.9 Å². The van der Waals surface area contributed by atoms with Gasteiger partial charge in [0.15, 0.2) is 31.1 Å². The molecule has 0 radical (unpaired) electrons. The van der Waals surface area contributed by atoms with Gasteiger partial charge in [-0.2, -0.15) is 20.7 Å². The second kappa shape index (κ2) is 29.2. The van der Waals surface area contributed by atoms with Crippen LogP contribution in [-0.4, -0.2) is 116 Å². The number of carbonyl (C=O) groups is 4. The molecule has 89 heavy (non-hydrogen) atoms. The van der Waals surface area contributed by atoms with E-state index in [1.807, 2.05) is 47.6 Å². The summed E-state index contributed by atoms with van der Waals surface area (Å²) in [5.41, 5.74) is 10.6. The van der Waals surface area contributed by atoms with Crippen molar-refractivity contribution in [3.8, 4) is 12.1 Å². The first-order valence-electron chi connectivity index (χ1n) is 27.1. The molecule has 0 aliphatic carbocycles. The number of sulfone groups is 2. The van der Waals surface area contributed by atoms with Crippen molar-refractivity contribution in [3.05, 3.63) is 151 Å². The summed E-state index contributed by atoms with van der Waals surface area (Å²) in [5.74, 6) is -0.988. The molecule has 6 aromatic heterocycles. The van der Waals surface area contributed by atoms with Crippen LogP contribution >= 0.6 is 23.2 Å². The van der Waals surface area contributed by atoms with Crippen LogP contribution in [0.2, 0.25) is 10.0 Å². The van der Waals surface area contributed by atoms with Gasteiger partial charge < -0.3 is 25.6 Å². The first kappa shape index (κ1) is 68.9. The number of nitrogens with one attached hydrogen (secondary N) is 3. The van der Waals surface area contributed by atoms with Gasteiger partial charge in [-0.15, -0.1) is 0 Å². The lowest BCUT2D eigenvalue weighted by Gasteiger charge is -2.20. The second-order valence-electron chi connectivity index (χ2n) is 21.8. The van der Waals surface area contributed by atoms with Crippen LogP contribution in [0.3, 0.4) is 0 Å². The number of carboxylic acids is 1. The number of amides is 3. The molecule has 30 heteroatoms. The van der Waals surface area contributed by atoms with Crippen molar-refractivity contribution >= 4 is 100 Å². The zero-order chi connectivity index (χ0) is 67.4. The molecule has 2 aromatic carbocycles. The van der Waals surface area contributed by atoms with Crippen molar-refractivity contribution in [1.82, 2.24) is 44.8 Å². The van der Waals surface area contributed by atoms with Crippen LogP contribution in [0, 0.1) is 50.4 Å². The molecule has 0 bridgehead atoms. The largest absolute Gasteiger partial charge is 0.478 e. The minimum Gasteiger partial charge on any atom is -0.478 e. The van der Waals surface area contributed by atoms with Crippen molar-refractivity contribution in [2.24, 2.45) is 5.73 Å². The summed E-state index contributed by atoms with van der Waals surface area (Å²) in [6.45, 7) is 18.8. The Morgan fingerprint density at radius 2 is 1.08 bits per heavy atom. The van der Waals surface area contributed by atoms with Crippen LogP contribution in [-0.2, 0) is 55.3 Å². The lowest BCUT2D eigenvalue weighted by atomic mass is 10.1. The molecule has 25 nitrogen and oxygen atoms in total. The highest BCUT2D eigenvalue weighted by Crippen LogP contribution is 2.29. The number of aromatic carboxylic acids is 1. The number of aromatic nitrogens is 8. The van der Waals surface area contributed by atoms with Gasteiger partial charge in [-0.3, -0.25) is 39.2 Å². The number of rotatable bonds is 13. The Kier molecular flexibility index (Phi) is 22.6. The average Bonchev–Trinajstić information content (AvgIpc) is 1.24. The minimum absolute atomic E-state index is 0.0350. The molecule has 6 heterocycles. The van der Waals surface area contributed by atoms with Crippen molar-refractivity contribution < 1.29 is 56.4 Å². The van der Waals surface area contributed by atoms with Crippen LogP contribution in [0.25, 0.3) is 21.8 Å². The zero-order valence-electron chi connectivity index (χ0n) is 51.5. The van der Waals surface area contributed by atoms with E-state index in [0.717, 1.165) is 40.5 Å². The SMILES string of the molecule is CS(=O)(=O)c1cc(Cn2cc(C(=O)O)c(C#N)n2)cc2cc(Cl)cnc12.Cc1cc(NC(=O)OC(C)(C)C)nc(C)c1CN.Cc1cc(NC(=O)OC(C)(C)C)nc(C)c1CNC(=O)c1cn(Cc2cc(S(C)(=O)=O)c3ncc(Cl)cc3c2)nc1C#N.[2H]CF. The van der Waals surface area contributed by atoms with Gasteiger partial charge in [-0.05, 0) is 151 Å². The van der Waals surface area contributed by atoms with E-state index >= 15 is 0 Å². The van der Waals surface area contributed by atoms with Gasteiger partial charge in [-0.1, -0.05) is 23.2 Å². The fraction of sp³-hybridized carbons (Fsp3) is 0.322. The molecular formula is C59H65Cl2FN14O11S2. The first-order valence-corrected chi connectivity index (χ1v) is 30.9. The standard InChI is InChI=1S/C29H30ClN7O5S.C16H11ClN4O4S.C13H21N3O2.CH3F/c1-16-7-25(35-28(39)42-29(3,4)5)34-17(2)21(16)13-33-27(38)22-15-37(36-23(22)11-31)14-18-8-19-10-20(30)12-32-26(19)24(9-18)43(6,40)41;1-26(24,25)14-3-9(2-10-4-11(17)6-19-15(10)14)7-21-8-12(16(22)23)13(5-18)20-21;1-8-6-11(15-9(2)10(8)7-14)16-12(17)18-13(3,4)5;1-2/h7-10,12,15H,13-14H2,1-6H3,(H,33,38)(H,34,35,39);2-4,6,8H,7H2,1H3,(H,22,23);6H,7,14H2,1-5H3,(H,15,16,17);1H3/i;;;1D. The van der Waals surface area contributed by atoms with Gasteiger partial charge in [0.25, 0.3) is 5.91 Å². The molecule has 0 spiro atoms. The molecule has 0 saturated heterocycles. The first-order chi connectivity index (χ1) is 41.9. The third-order valence-corrected chi connectivity index (χ3v) is 14.9. The number of pyridine rings is 4. The molecule has 470 valence electrons. The number of carbonyl (C=O) groups excluding carboxylic acids is 3. The van der Waals surface area contributed by atoms with Gasteiger partial charge in [0.1, 0.15) is 40.5 Å². The third-order valence-electron chi connectivity index (χ3n) is 12.2. The summed E-state index contributed by atoms with van der Waals surface area (Å²) in [4.78, 5) is 65.0. The molecule has 8 rings (SSSR count). The molecule has 0 saturated carbocycles. The number of hydrogen-bond donors (Lipinski definition) is 5. The maximum Gasteiger partial charge on any atom is 0.413 e. The van der Waals surface area contributed by atoms with E-state index in [2.05, 4.69) is 46.1 Å². The second-order valence-corrected chi connectivity index (χ2v) is 26.6. The van der Waals surface area contributed by atoms with E-state index in [4.69, 9.17) is 50.1 Å². The smallest absolute Gasteiger partial charge is 0.413 e. The Bertz CT molecular complexity index is 4340. The van der Waals surface area contributed by atoms with Crippen LogP contribution in [0.4, 0.5) is 25.6 Å². The maximum atomic E-state index is 13.1. The number of alkyl halides is 1. The predicted octanol–water partition coefficient (Wildman–Crippen LogP) is 9.89. The van der Waals surface area contributed by atoms with E-state index in [1.54, 1.807) is 70.2 Å². The number of anilines is 2. The number of nitriles is 2. The van der Waals surface area contributed by atoms with Crippen molar-refractivity contribution in [2.45, 2.75) is 116 Å². The Hall–Kier alpha value is -9.19. The third kappa shape index (κ3) is 19.7. The number of ether oxygens (including phenoxy) is 2. The molecule has 8 aromatic rings. The number of fused-ring (bicyclic) bond motifs is 2. The van der Waals surface area contributed by atoms with Crippen LogP contribution in [0.5, 0.6) is 0 Å². The van der Waals surface area contributed by atoms with Crippen molar-refractivity contribution in [2.75, 3.05) is 30.3 Å². The number of carboxylic acid groups (broad SMARTS) is 1. The van der Waals surface area contributed by atoms with Gasteiger partial charge in [-0.25, -0.2) is 41.2 Å². The molecular weight excluding hydrogens is 1230 g/mol. The fourth-order valence-electron chi connectivity index (χ4n) is 8.61. The lowest BCUT2D eigenvalue weighted by Crippen LogP contribution is -2.28. The normalized spacial score (nSPS) is 11.5. The maximum absolute atomic E-state index is 13.1. The summed E-state index contributed by atoms with van der Waals surface area (Å²) >= 11 is 12.0. The topological polar surface area (TPSA) is 372 Å². The number of aryl methyl sites for hydroxylation is 4. The Morgan fingerprint density at radius 1 is 0.685 bits per heavy atom. The van der Waals surface area contributed by atoms with Crippen LogP contribution in [0.1, 0.15) is 120 Å². The lowest BCUT2D eigenvalue weighted by molar-refractivity contribution is 0.0624. The van der Waals surface area contributed by atoms with Crippen LogP contribution < -0.4 is 21.7 Å². The Balaban J connectivity index is 0.000000265. The molecule has 0 aliphatic heterocycles. The molecule has 0 fully saturated rings. The summed E-state index contributed by atoms with van der Waals surface area (Å²) in [5, 5.41) is 45.7. The number of benzene rings is 2. The van der Waals surface area contributed by atoms with E-state index in [9.17, 15) is 45.7 Å². The minimum atomic E-state index is -3.62. The average molecular weight is 1300 g/mol. The highest BCUT2D eigenvalue weighted by Gasteiger charge is 2.23. The fourth-order valence-corrected chi connectivity index (χ4v) is 10.7. The quantitative estimate of drug-likeness (QED) is 0.0716. The number of hydrogen-bond acceptors (Lipinski definition) is 19. The summed E-state index contributed by atoms with van der Waals surface area (Å²) in [6, 6.07) is 16.7. The molecule has 0 aliphatic rings. The van der Waals surface area contributed by atoms with Crippen LogP contribution in [0.15, 0.2) is 83.1 Å². The van der Waals surface area contributed by atoms with Gasteiger partial charge in [0, 0.05) is 72.5 Å². The summed E-state index contributed by atoms with van der Waals surface area (Å²) in [6.07, 6.45) is 6.43.